The van der Waals surface area contributed by atoms with E-state index in [1.807, 2.05) is 18.2 Å². The Morgan fingerprint density at radius 2 is 2.00 bits per heavy atom. The largest absolute Gasteiger partial charge is 0.355 e. The predicted octanol–water partition coefficient (Wildman–Crippen LogP) is 4.50. The number of hydrogen-bond acceptors (Lipinski definition) is 1. The van der Waals surface area contributed by atoms with Crippen molar-refractivity contribution in [3.8, 4) is 0 Å². The third kappa shape index (κ3) is 2.11. The highest BCUT2D eigenvalue weighted by molar-refractivity contribution is 9.09. The van der Waals surface area contributed by atoms with E-state index < -0.39 is 5.60 Å². The van der Waals surface area contributed by atoms with Crippen molar-refractivity contribution in [2.45, 2.75) is 18.6 Å². The molecule has 0 aromatic heterocycles. The van der Waals surface area contributed by atoms with Gasteiger partial charge in [-0.3, -0.25) is 0 Å². The van der Waals surface area contributed by atoms with Crippen LogP contribution in [0.25, 0.3) is 0 Å². The predicted molar refractivity (Wildman–Crippen MR) is 76.9 cm³/mol. The third-order valence-electron chi connectivity index (χ3n) is 3.68. The highest BCUT2D eigenvalue weighted by atomic mass is 79.9. The van der Waals surface area contributed by atoms with Crippen LogP contribution in [-0.4, -0.2) is 5.33 Å². The molecule has 3 heteroatoms. The molecule has 19 heavy (non-hydrogen) atoms. The van der Waals surface area contributed by atoms with Gasteiger partial charge >= 0.3 is 0 Å². The maximum absolute atomic E-state index is 13.4. The van der Waals surface area contributed by atoms with E-state index in [1.165, 1.54) is 17.2 Å². The average Bonchev–Trinajstić information content (AvgIpc) is 3.15. The summed E-state index contributed by atoms with van der Waals surface area (Å²) in [5, 5.41) is 0.655. The van der Waals surface area contributed by atoms with Gasteiger partial charge in [0.2, 0.25) is 0 Å². The van der Waals surface area contributed by atoms with Crippen molar-refractivity contribution >= 4 is 15.9 Å². The molecule has 1 heterocycles. The Morgan fingerprint density at radius 1 is 1.21 bits per heavy atom. The van der Waals surface area contributed by atoms with Crippen molar-refractivity contribution in [3.05, 3.63) is 71.0 Å². The molecule has 98 valence electrons. The van der Waals surface area contributed by atoms with Gasteiger partial charge in [0.15, 0.2) is 0 Å². The summed E-state index contributed by atoms with van der Waals surface area (Å²) in [7, 11) is 0. The lowest BCUT2D eigenvalue weighted by Crippen LogP contribution is -2.12. The fraction of sp³-hybridized carbons (Fsp3) is 0.250. The summed E-state index contributed by atoms with van der Waals surface area (Å²) >= 11 is 3.51. The van der Waals surface area contributed by atoms with Crippen LogP contribution in [-0.2, 0) is 10.3 Å². The van der Waals surface area contributed by atoms with E-state index in [1.54, 1.807) is 12.1 Å². The molecular weight excluding hydrogens is 307 g/mol. The van der Waals surface area contributed by atoms with E-state index in [4.69, 9.17) is 4.74 Å². The highest BCUT2D eigenvalue weighted by Gasteiger charge is 2.58. The Morgan fingerprint density at radius 3 is 2.68 bits per heavy atom. The van der Waals surface area contributed by atoms with Gasteiger partial charge in [0.1, 0.15) is 17.5 Å². The fourth-order valence-corrected chi connectivity index (χ4v) is 3.27. The van der Waals surface area contributed by atoms with Crippen molar-refractivity contribution in [2.75, 3.05) is 5.33 Å². The van der Waals surface area contributed by atoms with E-state index in [0.29, 0.717) is 5.33 Å². The molecule has 0 bridgehead atoms. The van der Waals surface area contributed by atoms with Gasteiger partial charge in [-0.2, -0.15) is 0 Å². The molecule has 0 spiro atoms. The van der Waals surface area contributed by atoms with Crippen molar-refractivity contribution in [1.82, 2.24) is 0 Å². The van der Waals surface area contributed by atoms with Crippen LogP contribution >= 0.6 is 15.9 Å². The Hall–Kier alpha value is -1.19. The van der Waals surface area contributed by atoms with Gasteiger partial charge in [-0.15, -0.1) is 0 Å². The highest BCUT2D eigenvalue weighted by Crippen LogP contribution is 2.58. The molecule has 3 rings (SSSR count). The molecule has 1 aliphatic heterocycles. The summed E-state index contributed by atoms with van der Waals surface area (Å²) in [4.78, 5) is 0. The SMILES string of the molecule is Cc1ccccc1C1OC1(CBr)c1cccc(F)c1. The molecule has 0 amide bonds. The van der Waals surface area contributed by atoms with Crippen molar-refractivity contribution in [1.29, 1.82) is 0 Å². The second-order valence-electron chi connectivity index (χ2n) is 4.89. The Kier molecular flexibility index (Phi) is 3.19. The number of alkyl halides is 1. The zero-order chi connectivity index (χ0) is 13.5. The second kappa shape index (κ2) is 4.73. The first-order valence-corrected chi connectivity index (χ1v) is 7.35. The quantitative estimate of drug-likeness (QED) is 0.599. The van der Waals surface area contributed by atoms with Gasteiger partial charge in [-0.1, -0.05) is 52.3 Å². The van der Waals surface area contributed by atoms with E-state index in [2.05, 4.69) is 35.0 Å². The van der Waals surface area contributed by atoms with E-state index in [-0.39, 0.29) is 11.9 Å². The lowest BCUT2D eigenvalue weighted by Gasteiger charge is -2.11. The summed E-state index contributed by atoms with van der Waals surface area (Å²) in [6, 6.07) is 14.8. The van der Waals surface area contributed by atoms with Crippen LogP contribution in [0.3, 0.4) is 0 Å². The van der Waals surface area contributed by atoms with Gasteiger partial charge in [0.25, 0.3) is 0 Å². The summed E-state index contributed by atoms with van der Waals surface area (Å²) in [5.41, 5.74) is 2.82. The van der Waals surface area contributed by atoms with E-state index in [0.717, 1.165) is 5.56 Å². The molecule has 1 aliphatic rings. The number of rotatable bonds is 3. The topological polar surface area (TPSA) is 12.5 Å². The van der Waals surface area contributed by atoms with Crippen LogP contribution in [0.2, 0.25) is 0 Å². The molecule has 1 saturated heterocycles. The zero-order valence-corrected chi connectivity index (χ0v) is 12.2. The lowest BCUT2D eigenvalue weighted by molar-refractivity contribution is 0.317. The van der Waals surface area contributed by atoms with Crippen molar-refractivity contribution in [2.24, 2.45) is 0 Å². The molecule has 0 N–H and O–H groups in total. The van der Waals surface area contributed by atoms with Crippen LogP contribution in [0, 0.1) is 12.7 Å². The third-order valence-corrected chi connectivity index (χ3v) is 4.51. The number of halogens is 2. The minimum Gasteiger partial charge on any atom is -0.355 e. The molecule has 2 atom stereocenters. The fourth-order valence-electron chi connectivity index (χ4n) is 2.52. The second-order valence-corrected chi connectivity index (χ2v) is 5.45. The van der Waals surface area contributed by atoms with E-state index >= 15 is 0 Å². The van der Waals surface area contributed by atoms with Gasteiger partial charge < -0.3 is 4.74 Å². The lowest BCUT2D eigenvalue weighted by atomic mass is 9.91. The van der Waals surface area contributed by atoms with Gasteiger partial charge in [0, 0.05) is 5.33 Å². The van der Waals surface area contributed by atoms with Crippen LogP contribution in [0.15, 0.2) is 48.5 Å². The maximum Gasteiger partial charge on any atom is 0.134 e. The first-order valence-electron chi connectivity index (χ1n) is 6.23. The molecule has 2 aromatic rings. The molecule has 1 fully saturated rings. The summed E-state index contributed by atoms with van der Waals surface area (Å²) in [5.74, 6) is -0.225. The minimum absolute atomic E-state index is 0.00475. The number of epoxide rings is 1. The monoisotopic (exact) mass is 320 g/mol. The molecule has 0 aliphatic carbocycles. The first-order chi connectivity index (χ1) is 9.17. The van der Waals surface area contributed by atoms with Crippen molar-refractivity contribution < 1.29 is 9.13 Å². The normalized spacial score (nSPS) is 25.3. The number of ether oxygens (including phenoxy) is 1. The molecular formula is C16H14BrFO. The Labute approximate surface area is 120 Å². The van der Waals surface area contributed by atoms with E-state index in [9.17, 15) is 4.39 Å². The van der Waals surface area contributed by atoms with Crippen LogP contribution < -0.4 is 0 Å². The maximum atomic E-state index is 13.4. The standard InChI is InChI=1S/C16H14BrFO/c1-11-5-2-3-8-14(11)15-16(10-17,19-15)12-6-4-7-13(18)9-12/h2-9,15H,10H2,1H3. The van der Waals surface area contributed by atoms with Crippen molar-refractivity contribution in [3.63, 3.8) is 0 Å². The molecule has 0 radical (unpaired) electrons. The number of hydrogen-bond donors (Lipinski definition) is 0. The smallest absolute Gasteiger partial charge is 0.134 e. The van der Waals surface area contributed by atoms with Gasteiger partial charge in [-0.25, -0.2) is 4.39 Å². The average molecular weight is 321 g/mol. The molecule has 2 unspecified atom stereocenters. The van der Waals surface area contributed by atoms with Crippen LogP contribution in [0.4, 0.5) is 4.39 Å². The van der Waals surface area contributed by atoms with Gasteiger partial charge in [0.05, 0.1) is 0 Å². The number of aryl methyl sites for hydroxylation is 1. The summed E-state index contributed by atoms with van der Waals surface area (Å²) in [6.45, 7) is 2.07. The van der Waals surface area contributed by atoms with Gasteiger partial charge in [-0.05, 0) is 35.7 Å². The van der Waals surface area contributed by atoms with Crippen LogP contribution in [0.1, 0.15) is 22.8 Å². The Balaban J connectivity index is 1.99. The molecule has 2 aromatic carbocycles. The Bertz CT molecular complexity index is 613. The molecule has 0 saturated carbocycles. The zero-order valence-electron chi connectivity index (χ0n) is 10.6. The summed E-state index contributed by atoms with van der Waals surface area (Å²) < 4.78 is 19.3. The molecule has 1 nitrogen and oxygen atoms in total. The minimum atomic E-state index is -0.436. The summed E-state index contributed by atoms with van der Waals surface area (Å²) in [6.07, 6.45) is -0.00475. The first kappa shape index (κ1) is 12.8. The van der Waals surface area contributed by atoms with Crippen LogP contribution in [0.5, 0.6) is 0 Å². The number of benzene rings is 2.